The Balaban J connectivity index is 1.64. The van der Waals surface area contributed by atoms with Gasteiger partial charge in [0.2, 0.25) is 5.91 Å². The highest BCUT2D eigenvalue weighted by Gasteiger charge is 2.27. The van der Waals surface area contributed by atoms with Gasteiger partial charge in [0.25, 0.3) is 0 Å². The number of aromatic nitrogens is 3. The molecule has 1 fully saturated rings. The van der Waals surface area contributed by atoms with E-state index in [1.165, 1.54) is 30.7 Å². The molecule has 1 saturated carbocycles. The lowest BCUT2D eigenvalue weighted by atomic mass is 10.1. The van der Waals surface area contributed by atoms with Gasteiger partial charge in [-0.25, -0.2) is 9.37 Å². The molecule has 2 aromatic heterocycles. The Bertz CT molecular complexity index is 999. The van der Waals surface area contributed by atoms with Gasteiger partial charge in [0.15, 0.2) is 5.16 Å². The molecule has 0 bridgehead atoms. The lowest BCUT2D eigenvalue weighted by molar-refractivity contribution is -0.125. The van der Waals surface area contributed by atoms with Gasteiger partial charge >= 0.3 is 0 Å². The molecule has 1 aliphatic rings. The van der Waals surface area contributed by atoms with E-state index in [9.17, 15) is 9.18 Å². The van der Waals surface area contributed by atoms with Crippen molar-refractivity contribution in [3.8, 4) is 0 Å². The van der Waals surface area contributed by atoms with Crippen LogP contribution in [0, 0.1) is 5.82 Å². The van der Waals surface area contributed by atoms with E-state index < -0.39 is 0 Å². The first-order chi connectivity index (χ1) is 14.2. The fourth-order valence-electron chi connectivity index (χ4n) is 3.93. The highest BCUT2D eigenvalue weighted by atomic mass is 32.2. The van der Waals surface area contributed by atoms with Crippen LogP contribution in [0.5, 0.6) is 0 Å². The van der Waals surface area contributed by atoms with Crippen molar-refractivity contribution < 1.29 is 9.18 Å². The van der Waals surface area contributed by atoms with Crippen molar-refractivity contribution in [1.82, 2.24) is 19.9 Å². The number of halogens is 1. The van der Waals surface area contributed by atoms with Crippen molar-refractivity contribution in [2.24, 2.45) is 0 Å². The van der Waals surface area contributed by atoms with Gasteiger partial charge in [0, 0.05) is 18.0 Å². The molecule has 0 spiro atoms. The molecule has 5 nitrogen and oxygen atoms in total. The highest BCUT2D eigenvalue weighted by molar-refractivity contribution is 7.98. The Morgan fingerprint density at radius 1 is 1.31 bits per heavy atom. The lowest BCUT2D eigenvalue weighted by Gasteiger charge is -2.22. The summed E-state index contributed by atoms with van der Waals surface area (Å²) < 4.78 is 16.0. The molecule has 0 radical (unpaired) electrons. The first-order valence-electron chi connectivity index (χ1n) is 10.2. The number of rotatable bonds is 7. The molecule has 1 N–H and O–H groups in total. The monoisotopic (exact) mass is 412 g/mol. The molecule has 4 rings (SSSR count). The van der Waals surface area contributed by atoms with E-state index in [0.29, 0.717) is 22.9 Å². The van der Waals surface area contributed by atoms with Gasteiger partial charge in [-0.15, -0.1) is 0 Å². The Hall–Kier alpha value is -2.41. The zero-order valence-electron chi connectivity index (χ0n) is 16.5. The minimum atomic E-state index is -0.368. The number of imidazole rings is 1. The first-order valence-corrected chi connectivity index (χ1v) is 11.1. The Kier molecular flexibility index (Phi) is 6.13. The number of fused-ring (bicyclic) bond motifs is 1. The highest BCUT2D eigenvalue weighted by Crippen LogP contribution is 2.32. The van der Waals surface area contributed by atoms with Crippen molar-refractivity contribution in [1.29, 1.82) is 0 Å². The summed E-state index contributed by atoms with van der Waals surface area (Å²) in [5.74, 6) is 0.245. The second-order valence-electron chi connectivity index (χ2n) is 7.42. The van der Waals surface area contributed by atoms with Gasteiger partial charge in [-0.3, -0.25) is 9.78 Å². The van der Waals surface area contributed by atoms with Crippen LogP contribution in [0.3, 0.4) is 0 Å². The quantitative estimate of drug-likeness (QED) is 0.562. The molecule has 1 atom stereocenters. The van der Waals surface area contributed by atoms with E-state index in [-0.39, 0.29) is 23.8 Å². The van der Waals surface area contributed by atoms with Crippen LogP contribution in [0.1, 0.15) is 50.6 Å². The molecule has 1 amide bonds. The normalized spacial score (nSPS) is 15.7. The predicted molar refractivity (Wildman–Crippen MR) is 113 cm³/mol. The van der Waals surface area contributed by atoms with E-state index >= 15 is 0 Å². The summed E-state index contributed by atoms with van der Waals surface area (Å²) in [4.78, 5) is 22.1. The second kappa shape index (κ2) is 8.95. The fraction of sp³-hybridized carbons (Fsp3) is 0.409. The number of hydrogen-bond acceptors (Lipinski definition) is 4. The molecule has 0 unspecified atom stereocenters. The van der Waals surface area contributed by atoms with Gasteiger partial charge in [0.1, 0.15) is 11.9 Å². The van der Waals surface area contributed by atoms with Gasteiger partial charge in [-0.2, -0.15) is 0 Å². The van der Waals surface area contributed by atoms with E-state index in [0.717, 1.165) is 23.9 Å². The first kappa shape index (κ1) is 19.9. The SMILES string of the molecule is CC[C@H](C(=O)NC1CCCC1)n1c(SCc2ccccc2F)nc2ccncc21. The molecule has 2 heterocycles. The molecule has 29 heavy (non-hydrogen) atoms. The summed E-state index contributed by atoms with van der Waals surface area (Å²) in [7, 11) is 0. The number of nitrogens with zero attached hydrogens (tertiary/aromatic N) is 3. The average Bonchev–Trinajstić information content (AvgIpc) is 3.36. The largest absolute Gasteiger partial charge is 0.352 e. The van der Waals surface area contributed by atoms with Crippen LogP contribution in [0.4, 0.5) is 4.39 Å². The predicted octanol–water partition coefficient (Wildman–Crippen LogP) is 4.87. The van der Waals surface area contributed by atoms with Crippen molar-refractivity contribution >= 4 is 28.7 Å². The number of carbonyl (C=O) groups is 1. The maximum absolute atomic E-state index is 14.1. The minimum Gasteiger partial charge on any atom is -0.352 e. The second-order valence-corrected chi connectivity index (χ2v) is 8.37. The number of thioether (sulfide) groups is 1. The van der Waals surface area contributed by atoms with Gasteiger partial charge in [-0.05, 0) is 37.0 Å². The van der Waals surface area contributed by atoms with E-state index in [2.05, 4.69) is 10.3 Å². The third kappa shape index (κ3) is 4.29. The van der Waals surface area contributed by atoms with E-state index in [4.69, 9.17) is 4.98 Å². The third-order valence-corrected chi connectivity index (χ3v) is 6.48. The lowest BCUT2D eigenvalue weighted by Crippen LogP contribution is -2.38. The summed E-state index contributed by atoms with van der Waals surface area (Å²) >= 11 is 1.45. The summed E-state index contributed by atoms with van der Waals surface area (Å²) in [6.07, 6.45) is 8.52. The fourth-order valence-corrected chi connectivity index (χ4v) is 4.98. The molecule has 152 valence electrons. The summed E-state index contributed by atoms with van der Waals surface area (Å²) in [6.45, 7) is 2.01. The minimum absolute atomic E-state index is 0.0234. The topological polar surface area (TPSA) is 59.8 Å². The van der Waals surface area contributed by atoms with Crippen molar-refractivity contribution in [2.45, 2.75) is 62.0 Å². The van der Waals surface area contributed by atoms with Crippen LogP contribution in [-0.2, 0) is 10.5 Å². The van der Waals surface area contributed by atoms with Crippen molar-refractivity contribution in [3.05, 3.63) is 54.1 Å². The van der Waals surface area contributed by atoms with Crippen LogP contribution in [0.25, 0.3) is 11.0 Å². The van der Waals surface area contributed by atoms with Crippen LogP contribution in [0.2, 0.25) is 0 Å². The molecular formula is C22H25FN4OS. The number of hydrogen-bond donors (Lipinski definition) is 1. The molecule has 7 heteroatoms. The zero-order valence-corrected chi connectivity index (χ0v) is 17.3. The maximum Gasteiger partial charge on any atom is 0.243 e. The average molecular weight is 413 g/mol. The maximum atomic E-state index is 14.1. The number of amides is 1. The van der Waals surface area contributed by atoms with Gasteiger partial charge < -0.3 is 9.88 Å². The van der Waals surface area contributed by atoms with E-state index in [1.807, 2.05) is 23.6 Å². The van der Waals surface area contributed by atoms with Crippen LogP contribution >= 0.6 is 11.8 Å². The molecule has 0 saturated heterocycles. The number of pyridine rings is 1. The Labute approximate surface area is 174 Å². The van der Waals surface area contributed by atoms with Crippen LogP contribution < -0.4 is 5.32 Å². The summed E-state index contributed by atoms with van der Waals surface area (Å²) in [6, 6.07) is 8.50. The Morgan fingerprint density at radius 2 is 2.10 bits per heavy atom. The van der Waals surface area contributed by atoms with Crippen molar-refractivity contribution in [2.75, 3.05) is 0 Å². The van der Waals surface area contributed by atoms with Gasteiger partial charge in [-0.1, -0.05) is 49.7 Å². The van der Waals surface area contributed by atoms with Crippen LogP contribution in [0.15, 0.2) is 47.9 Å². The summed E-state index contributed by atoms with van der Waals surface area (Å²) in [5, 5.41) is 3.93. The Morgan fingerprint density at radius 3 is 2.86 bits per heavy atom. The molecule has 1 aliphatic carbocycles. The smallest absolute Gasteiger partial charge is 0.243 e. The molecule has 1 aromatic carbocycles. The third-order valence-electron chi connectivity index (χ3n) is 5.48. The molecular weight excluding hydrogens is 387 g/mol. The summed E-state index contributed by atoms with van der Waals surface area (Å²) in [5.41, 5.74) is 2.25. The van der Waals surface area contributed by atoms with Crippen molar-refractivity contribution in [3.63, 3.8) is 0 Å². The van der Waals surface area contributed by atoms with Crippen LogP contribution in [-0.4, -0.2) is 26.5 Å². The van der Waals surface area contributed by atoms with E-state index in [1.54, 1.807) is 24.5 Å². The van der Waals surface area contributed by atoms with Gasteiger partial charge in [0.05, 0.1) is 17.2 Å². The standard InChI is InChI=1S/C22H25FN4OS/c1-2-19(21(28)25-16-8-4-5-9-16)27-20-13-24-12-11-18(20)26-22(27)29-14-15-7-3-6-10-17(15)23/h3,6-7,10-13,16,19H,2,4-5,8-9,14H2,1H3,(H,25,28)/t19-/m1/s1. The molecule has 0 aliphatic heterocycles. The zero-order chi connectivity index (χ0) is 20.2. The number of carbonyl (C=O) groups excluding carboxylic acids is 1. The molecule has 3 aromatic rings. The number of nitrogens with one attached hydrogen (secondary N) is 1. The number of benzene rings is 1.